The summed E-state index contributed by atoms with van der Waals surface area (Å²) in [5, 5.41) is 0. The summed E-state index contributed by atoms with van der Waals surface area (Å²) in [6.45, 7) is 7.66. The number of rotatable bonds is 7. The lowest BCUT2D eigenvalue weighted by Gasteiger charge is -2.12. The number of ether oxygens (including phenoxy) is 2. The van der Waals surface area contributed by atoms with E-state index in [2.05, 4.69) is 26.8 Å². The van der Waals surface area contributed by atoms with Crippen molar-refractivity contribution in [3.8, 4) is 11.5 Å². The largest absolute Gasteiger partial charge is 0.493 e. The van der Waals surface area contributed by atoms with E-state index in [0.29, 0.717) is 19.1 Å². The average molecular weight is 263 g/mol. The molecule has 0 aliphatic carbocycles. The van der Waals surface area contributed by atoms with Crippen molar-refractivity contribution in [1.29, 1.82) is 0 Å². The molecule has 0 heterocycles. The number of methoxy groups -OCH3 is 1. The average Bonchev–Trinajstić information content (AvgIpc) is 2.42. The molecule has 1 aromatic carbocycles. The monoisotopic (exact) mass is 263 g/mol. The molecule has 0 aliphatic rings. The van der Waals surface area contributed by atoms with Crippen molar-refractivity contribution in [3.05, 3.63) is 29.3 Å². The second-order valence-corrected chi connectivity index (χ2v) is 4.84. The van der Waals surface area contributed by atoms with E-state index in [1.165, 1.54) is 5.57 Å². The Bertz CT molecular complexity index is 425. The van der Waals surface area contributed by atoms with Crippen LogP contribution in [0, 0.1) is 5.92 Å². The number of nitrogens with two attached hydrogens (primary N) is 1. The first-order valence-corrected chi connectivity index (χ1v) is 6.83. The van der Waals surface area contributed by atoms with Gasteiger partial charge in [0, 0.05) is 6.54 Å². The summed E-state index contributed by atoms with van der Waals surface area (Å²) in [4.78, 5) is 0. The topological polar surface area (TPSA) is 44.5 Å². The molecule has 1 aromatic rings. The van der Waals surface area contributed by atoms with Crippen LogP contribution in [0.5, 0.6) is 11.5 Å². The van der Waals surface area contributed by atoms with Crippen molar-refractivity contribution in [2.24, 2.45) is 11.7 Å². The predicted molar refractivity (Wildman–Crippen MR) is 80.6 cm³/mol. The van der Waals surface area contributed by atoms with Gasteiger partial charge in [-0.1, -0.05) is 38.5 Å². The van der Waals surface area contributed by atoms with Gasteiger partial charge in [0.1, 0.15) is 0 Å². The van der Waals surface area contributed by atoms with E-state index in [0.717, 1.165) is 23.5 Å². The fourth-order valence-electron chi connectivity index (χ4n) is 1.78. The van der Waals surface area contributed by atoms with Gasteiger partial charge in [0.15, 0.2) is 11.5 Å². The Hall–Kier alpha value is -1.48. The summed E-state index contributed by atoms with van der Waals surface area (Å²) in [6.07, 6.45) is 3.10. The first-order valence-electron chi connectivity index (χ1n) is 6.83. The summed E-state index contributed by atoms with van der Waals surface area (Å²) in [6, 6.07) is 5.98. The molecular weight excluding hydrogens is 238 g/mol. The molecule has 3 nitrogen and oxygen atoms in total. The smallest absolute Gasteiger partial charge is 0.161 e. The molecule has 106 valence electrons. The highest BCUT2D eigenvalue weighted by Crippen LogP contribution is 2.29. The molecule has 3 heteroatoms. The molecule has 0 radical (unpaired) electrons. The van der Waals surface area contributed by atoms with Gasteiger partial charge in [0.05, 0.1) is 13.7 Å². The van der Waals surface area contributed by atoms with Crippen LogP contribution >= 0.6 is 0 Å². The summed E-state index contributed by atoms with van der Waals surface area (Å²) in [7, 11) is 1.66. The summed E-state index contributed by atoms with van der Waals surface area (Å²) >= 11 is 0. The predicted octanol–water partition coefficient (Wildman–Crippen LogP) is 3.48. The van der Waals surface area contributed by atoms with E-state index < -0.39 is 0 Å². The molecule has 1 rings (SSSR count). The van der Waals surface area contributed by atoms with Gasteiger partial charge in [0.2, 0.25) is 0 Å². The van der Waals surface area contributed by atoms with Crippen molar-refractivity contribution in [1.82, 2.24) is 0 Å². The normalized spacial score (nSPS) is 11.8. The molecule has 0 aliphatic heterocycles. The maximum Gasteiger partial charge on any atom is 0.161 e. The third kappa shape index (κ3) is 4.60. The van der Waals surface area contributed by atoms with Crippen molar-refractivity contribution in [3.63, 3.8) is 0 Å². The Labute approximate surface area is 116 Å². The lowest BCUT2D eigenvalue weighted by molar-refractivity contribution is 0.294. The Morgan fingerprint density at radius 1 is 1.32 bits per heavy atom. The molecule has 0 amide bonds. The molecular formula is C16H25NO2. The van der Waals surface area contributed by atoms with E-state index in [1.807, 2.05) is 18.2 Å². The third-order valence-electron chi connectivity index (χ3n) is 2.98. The zero-order chi connectivity index (χ0) is 14.3. The second kappa shape index (κ2) is 7.85. The molecule has 2 N–H and O–H groups in total. The molecule has 0 spiro atoms. The quantitative estimate of drug-likeness (QED) is 0.819. The summed E-state index contributed by atoms with van der Waals surface area (Å²) in [5.41, 5.74) is 8.08. The van der Waals surface area contributed by atoms with Crippen molar-refractivity contribution in [2.75, 3.05) is 20.3 Å². The summed E-state index contributed by atoms with van der Waals surface area (Å²) in [5.74, 6) is 2.01. The van der Waals surface area contributed by atoms with Crippen molar-refractivity contribution < 1.29 is 9.47 Å². The van der Waals surface area contributed by atoms with Crippen LogP contribution in [-0.2, 0) is 0 Å². The molecule has 0 unspecified atom stereocenters. The minimum absolute atomic E-state index is 0.451. The lowest BCUT2D eigenvalue weighted by Crippen LogP contribution is -2.08. The molecule has 0 aromatic heterocycles. The third-order valence-corrected chi connectivity index (χ3v) is 2.98. The fraction of sp³-hybridized carbons (Fsp3) is 0.500. The highest BCUT2D eigenvalue weighted by Gasteiger charge is 2.06. The lowest BCUT2D eigenvalue weighted by atomic mass is 10.0. The van der Waals surface area contributed by atoms with Gasteiger partial charge < -0.3 is 15.2 Å². The number of benzene rings is 1. The zero-order valence-corrected chi connectivity index (χ0v) is 12.4. The van der Waals surface area contributed by atoms with Crippen LogP contribution in [0.1, 0.15) is 32.8 Å². The van der Waals surface area contributed by atoms with Crippen LogP contribution in [0.15, 0.2) is 23.8 Å². The first-order chi connectivity index (χ1) is 9.12. The standard InChI is InChI=1S/C16H25NO2/c1-5-8-19-15-7-6-13(10-16(15)18-4)9-14(11-17)12(2)3/h6-7,9-10,12H,5,8,11,17H2,1-4H3. The second-order valence-electron chi connectivity index (χ2n) is 4.84. The maximum absolute atomic E-state index is 5.76. The minimum Gasteiger partial charge on any atom is -0.493 e. The van der Waals surface area contributed by atoms with Crippen LogP contribution in [0.4, 0.5) is 0 Å². The Morgan fingerprint density at radius 3 is 2.58 bits per heavy atom. The highest BCUT2D eigenvalue weighted by atomic mass is 16.5. The Kier molecular flexibility index (Phi) is 6.43. The SMILES string of the molecule is CCCOc1ccc(C=C(CN)C(C)C)cc1OC. The zero-order valence-electron chi connectivity index (χ0n) is 12.4. The van der Waals surface area contributed by atoms with E-state index in [1.54, 1.807) is 7.11 Å². The van der Waals surface area contributed by atoms with E-state index in [-0.39, 0.29) is 0 Å². The van der Waals surface area contributed by atoms with Crippen LogP contribution in [0.2, 0.25) is 0 Å². The summed E-state index contributed by atoms with van der Waals surface area (Å²) < 4.78 is 11.0. The van der Waals surface area contributed by atoms with Crippen LogP contribution in [-0.4, -0.2) is 20.3 Å². The molecule has 19 heavy (non-hydrogen) atoms. The van der Waals surface area contributed by atoms with Gasteiger partial charge >= 0.3 is 0 Å². The van der Waals surface area contributed by atoms with Crippen LogP contribution < -0.4 is 15.2 Å². The maximum atomic E-state index is 5.76. The number of hydrogen-bond donors (Lipinski definition) is 1. The van der Waals surface area contributed by atoms with Crippen LogP contribution in [0.3, 0.4) is 0 Å². The van der Waals surface area contributed by atoms with E-state index in [4.69, 9.17) is 15.2 Å². The molecule has 0 atom stereocenters. The fourth-order valence-corrected chi connectivity index (χ4v) is 1.78. The van der Waals surface area contributed by atoms with Crippen molar-refractivity contribution >= 4 is 6.08 Å². The van der Waals surface area contributed by atoms with E-state index in [9.17, 15) is 0 Å². The van der Waals surface area contributed by atoms with Gasteiger partial charge in [-0.25, -0.2) is 0 Å². The highest BCUT2D eigenvalue weighted by molar-refractivity contribution is 5.58. The van der Waals surface area contributed by atoms with Gasteiger partial charge in [-0.3, -0.25) is 0 Å². The van der Waals surface area contributed by atoms with Gasteiger partial charge in [0.25, 0.3) is 0 Å². The minimum atomic E-state index is 0.451. The van der Waals surface area contributed by atoms with Crippen LogP contribution in [0.25, 0.3) is 6.08 Å². The first kappa shape index (κ1) is 15.6. The Morgan fingerprint density at radius 2 is 2.05 bits per heavy atom. The molecule has 0 bridgehead atoms. The molecule has 0 saturated carbocycles. The van der Waals surface area contributed by atoms with Gasteiger partial charge in [-0.15, -0.1) is 0 Å². The molecule has 0 saturated heterocycles. The van der Waals surface area contributed by atoms with Gasteiger partial charge in [-0.05, 0) is 30.0 Å². The van der Waals surface area contributed by atoms with Gasteiger partial charge in [-0.2, -0.15) is 0 Å². The Balaban J connectivity index is 2.99. The van der Waals surface area contributed by atoms with E-state index >= 15 is 0 Å². The molecule has 0 fully saturated rings. The van der Waals surface area contributed by atoms with Crippen molar-refractivity contribution in [2.45, 2.75) is 27.2 Å². The number of hydrogen-bond acceptors (Lipinski definition) is 3.